The molecule has 20 heavy (non-hydrogen) atoms. The minimum absolute atomic E-state index is 0.0161. The quantitative estimate of drug-likeness (QED) is 0.576. The highest BCUT2D eigenvalue weighted by Gasteiger charge is 2.19. The summed E-state index contributed by atoms with van der Waals surface area (Å²) in [5, 5.41) is 13.7. The Labute approximate surface area is 117 Å². The second-order valence-corrected chi connectivity index (χ2v) is 4.38. The third-order valence-electron chi connectivity index (χ3n) is 2.88. The molecule has 3 N–H and O–H groups in total. The van der Waals surface area contributed by atoms with E-state index in [9.17, 15) is 14.9 Å². The predicted octanol–water partition coefficient (Wildman–Crippen LogP) is 1.13. The average Bonchev–Trinajstić information content (AvgIpc) is 2.44. The Kier molecular flexibility index (Phi) is 5.92. The lowest BCUT2D eigenvalue weighted by Crippen LogP contribution is -2.25. The van der Waals surface area contributed by atoms with Gasteiger partial charge in [0, 0.05) is 31.8 Å². The molecule has 0 saturated heterocycles. The molecule has 0 spiro atoms. The number of nitrogens with one attached hydrogen (secondary N) is 1. The second-order valence-electron chi connectivity index (χ2n) is 4.38. The highest BCUT2D eigenvalue weighted by molar-refractivity contribution is 5.95. The smallest absolute Gasteiger partial charge is 0.292 e. The molecule has 0 saturated carbocycles. The van der Waals surface area contributed by atoms with Crippen molar-refractivity contribution in [1.82, 2.24) is 5.32 Å². The number of nitro groups is 1. The summed E-state index contributed by atoms with van der Waals surface area (Å²) < 4.78 is 0. The Morgan fingerprint density at radius 2 is 2.20 bits per heavy atom. The molecule has 7 heteroatoms. The molecule has 0 heterocycles. The SMILES string of the molecule is CCNC(=O)c1ccc([N+](=O)[O-])c(N(C)CCCN)c1. The Morgan fingerprint density at radius 3 is 2.75 bits per heavy atom. The van der Waals surface area contributed by atoms with Crippen LogP contribution in [0.5, 0.6) is 0 Å². The van der Waals surface area contributed by atoms with Gasteiger partial charge in [0.15, 0.2) is 0 Å². The van der Waals surface area contributed by atoms with Crippen molar-refractivity contribution in [2.75, 3.05) is 31.6 Å². The number of carbonyl (C=O) groups excluding carboxylic acids is 1. The van der Waals surface area contributed by atoms with E-state index >= 15 is 0 Å². The zero-order valence-corrected chi connectivity index (χ0v) is 11.8. The molecule has 110 valence electrons. The van der Waals surface area contributed by atoms with Crippen molar-refractivity contribution in [2.24, 2.45) is 5.73 Å². The van der Waals surface area contributed by atoms with E-state index in [-0.39, 0.29) is 11.6 Å². The fourth-order valence-corrected chi connectivity index (χ4v) is 1.84. The molecule has 1 aromatic carbocycles. The average molecular weight is 280 g/mol. The lowest BCUT2D eigenvalue weighted by Gasteiger charge is -2.19. The van der Waals surface area contributed by atoms with Gasteiger partial charge in [0.2, 0.25) is 0 Å². The second kappa shape index (κ2) is 7.44. The van der Waals surface area contributed by atoms with Crippen molar-refractivity contribution in [1.29, 1.82) is 0 Å². The molecule has 1 rings (SSSR count). The van der Waals surface area contributed by atoms with Gasteiger partial charge in [-0.15, -0.1) is 0 Å². The lowest BCUT2D eigenvalue weighted by atomic mass is 10.1. The van der Waals surface area contributed by atoms with E-state index < -0.39 is 4.92 Å². The number of carbonyl (C=O) groups is 1. The molecule has 0 aliphatic heterocycles. The molecule has 0 unspecified atom stereocenters. The number of nitrogens with two attached hydrogens (primary N) is 1. The first-order chi connectivity index (χ1) is 9.51. The van der Waals surface area contributed by atoms with Crippen LogP contribution in [-0.2, 0) is 0 Å². The fraction of sp³-hybridized carbons (Fsp3) is 0.462. The topological polar surface area (TPSA) is 101 Å². The van der Waals surface area contributed by atoms with Crippen molar-refractivity contribution in [3.05, 3.63) is 33.9 Å². The van der Waals surface area contributed by atoms with Gasteiger partial charge in [0.25, 0.3) is 11.6 Å². The van der Waals surface area contributed by atoms with Gasteiger partial charge in [0.1, 0.15) is 5.69 Å². The largest absolute Gasteiger partial charge is 0.369 e. The summed E-state index contributed by atoms with van der Waals surface area (Å²) in [6.45, 7) is 3.43. The summed E-state index contributed by atoms with van der Waals surface area (Å²) in [5.41, 5.74) is 6.26. The van der Waals surface area contributed by atoms with Crippen molar-refractivity contribution in [3.63, 3.8) is 0 Å². The standard InChI is InChI=1S/C13H20N4O3/c1-3-15-13(18)10-5-6-11(17(19)20)12(9-10)16(2)8-4-7-14/h5-6,9H,3-4,7-8,14H2,1-2H3,(H,15,18). The first-order valence-electron chi connectivity index (χ1n) is 6.49. The third-order valence-corrected chi connectivity index (χ3v) is 2.88. The van der Waals surface area contributed by atoms with Gasteiger partial charge in [-0.2, -0.15) is 0 Å². The van der Waals surface area contributed by atoms with Crippen LogP contribution < -0.4 is 16.0 Å². The van der Waals surface area contributed by atoms with E-state index in [2.05, 4.69) is 5.32 Å². The molecule has 1 amide bonds. The highest BCUT2D eigenvalue weighted by Crippen LogP contribution is 2.28. The van der Waals surface area contributed by atoms with Crippen LogP contribution in [-0.4, -0.2) is 37.5 Å². The number of nitrogens with zero attached hydrogens (tertiary/aromatic N) is 2. The molecule has 0 atom stereocenters. The summed E-state index contributed by atoms with van der Waals surface area (Å²) in [7, 11) is 1.75. The van der Waals surface area contributed by atoms with Crippen LogP contribution in [0.2, 0.25) is 0 Å². The zero-order chi connectivity index (χ0) is 15.1. The summed E-state index contributed by atoms with van der Waals surface area (Å²) >= 11 is 0. The maximum absolute atomic E-state index is 11.8. The Bertz CT molecular complexity index is 491. The summed E-state index contributed by atoms with van der Waals surface area (Å²) in [6.07, 6.45) is 0.721. The number of anilines is 1. The molecule has 0 aliphatic rings. The minimum Gasteiger partial charge on any atom is -0.369 e. The van der Waals surface area contributed by atoms with Gasteiger partial charge < -0.3 is 16.0 Å². The molecule has 0 aromatic heterocycles. The van der Waals surface area contributed by atoms with E-state index in [0.29, 0.717) is 30.9 Å². The van der Waals surface area contributed by atoms with E-state index in [0.717, 1.165) is 6.42 Å². The molecule has 0 bridgehead atoms. The fourth-order valence-electron chi connectivity index (χ4n) is 1.84. The Hall–Kier alpha value is -2.15. The molecular formula is C13H20N4O3. The van der Waals surface area contributed by atoms with Crippen LogP contribution in [0.1, 0.15) is 23.7 Å². The summed E-state index contributed by atoms with van der Waals surface area (Å²) in [5.74, 6) is -0.240. The first kappa shape index (κ1) is 15.9. The van der Waals surface area contributed by atoms with Crippen LogP contribution in [0.25, 0.3) is 0 Å². The first-order valence-corrected chi connectivity index (χ1v) is 6.49. The van der Waals surface area contributed by atoms with E-state index in [1.54, 1.807) is 18.0 Å². The number of rotatable bonds is 7. The predicted molar refractivity (Wildman–Crippen MR) is 78.0 cm³/mol. The van der Waals surface area contributed by atoms with Crippen molar-refractivity contribution >= 4 is 17.3 Å². The number of amides is 1. The molecule has 0 radical (unpaired) electrons. The van der Waals surface area contributed by atoms with Crippen LogP contribution in [0, 0.1) is 10.1 Å². The maximum atomic E-state index is 11.8. The molecule has 7 nitrogen and oxygen atoms in total. The molecule has 0 aliphatic carbocycles. The van der Waals surface area contributed by atoms with E-state index in [1.165, 1.54) is 12.1 Å². The summed E-state index contributed by atoms with van der Waals surface area (Å²) in [4.78, 5) is 24.2. The van der Waals surface area contributed by atoms with Gasteiger partial charge in [-0.25, -0.2) is 0 Å². The van der Waals surface area contributed by atoms with Crippen LogP contribution in [0.4, 0.5) is 11.4 Å². The normalized spacial score (nSPS) is 10.2. The van der Waals surface area contributed by atoms with E-state index in [1.807, 2.05) is 6.92 Å². The molecule has 0 fully saturated rings. The lowest BCUT2D eigenvalue weighted by molar-refractivity contribution is -0.384. The van der Waals surface area contributed by atoms with Gasteiger partial charge in [-0.3, -0.25) is 14.9 Å². The number of hydrogen-bond donors (Lipinski definition) is 2. The van der Waals surface area contributed by atoms with Crippen molar-refractivity contribution in [3.8, 4) is 0 Å². The number of benzene rings is 1. The number of nitro benzene ring substituents is 1. The third kappa shape index (κ3) is 3.92. The highest BCUT2D eigenvalue weighted by atomic mass is 16.6. The number of hydrogen-bond acceptors (Lipinski definition) is 5. The van der Waals surface area contributed by atoms with Gasteiger partial charge >= 0.3 is 0 Å². The molecular weight excluding hydrogens is 260 g/mol. The van der Waals surface area contributed by atoms with Gasteiger partial charge in [-0.1, -0.05) is 0 Å². The molecule has 1 aromatic rings. The monoisotopic (exact) mass is 280 g/mol. The van der Waals surface area contributed by atoms with Crippen LogP contribution in [0.15, 0.2) is 18.2 Å². The van der Waals surface area contributed by atoms with Gasteiger partial charge in [-0.05, 0) is 32.0 Å². The Balaban J connectivity index is 3.11. The minimum atomic E-state index is -0.449. The van der Waals surface area contributed by atoms with Crippen molar-refractivity contribution < 1.29 is 9.72 Å². The maximum Gasteiger partial charge on any atom is 0.292 e. The van der Waals surface area contributed by atoms with Crippen molar-refractivity contribution in [2.45, 2.75) is 13.3 Å². The van der Waals surface area contributed by atoms with Crippen LogP contribution in [0.3, 0.4) is 0 Å². The van der Waals surface area contributed by atoms with Gasteiger partial charge in [0.05, 0.1) is 4.92 Å². The summed E-state index contributed by atoms with van der Waals surface area (Å²) in [6, 6.07) is 4.36. The Morgan fingerprint density at radius 1 is 1.50 bits per heavy atom. The van der Waals surface area contributed by atoms with E-state index in [4.69, 9.17) is 5.73 Å². The van der Waals surface area contributed by atoms with Crippen LogP contribution >= 0.6 is 0 Å². The zero-order valence-electron chi connectivity index (χ0n) is 11.8.